The minimum atomic E-state index is -1.24. The number of nitrogens with zero attached hydrogens (tertiary/aromatic N) is 4. The number of hydrogen-bond acceptors (Lipinski definition) is 9. The molecule has 1 amide bonds. The van der Waals surface area contributed by atoms with E-state index in [-0.39, 0.29) is 5.91 Å². The second-order valence-corrected chi connectivity index (χ2v) is 9.00. The molecular formula is C28H28N6O5. The Labute approximate surface area is 224 Å². The smallest absolute Gasteiger partial charge is 0.251 e. The van der Waals surface area contributed by atoms with Crippen LogP contribution in [0.5, 0.6) is 0 Å². The number of imidazole rings is 1. The fraction of sp³-hybridized carbons (Fsp3) is 0.286. The molecule has 4 atom stereocenters. The van der Waals surface area contributed by atoms with E-state index in [1.54, 1.807) is 12.1 Å². The number of amides is 1. The van der Waals surface area contributed by atoms with Gasteiger partial charge < -0.3 is 30.7 Å². The second kappa shape index (κ2) is 12.0. The van der Waals surface area contributed by atoms with Crippen LogP contribution in [0.15, 0.2) is 67.3 Å². The first-order valence-corrected chi connectivity index (χ1v) is 12.5. The van der Waals surface area contributed by atoms with Crippen molar-refractivity contribution in [1.29, 1.82) is 0 Å². The lowest BCUT2D eigenvalue weighted by molar-refractivity contribution is -0.0511. The lowest BCUT2D eigenvalue weighted by atomic mass is 10.1. The number of anilines is 2. The van der Waals surface area contributed by atoms with Gasteiger partial charge in [0.05, 0.1) is 12.9 Å². The molecule has 11 heteroatoms. The van der Waals surface area contributed by atoms with Gasteiger partial charge in [0.15, 0.2) is 23.2 Å². The number of aromatic nitrogens is 4. The molecule has 2 aromatic carbocycles. The van der Waals surface area contributed by atoms with Crippen molar-refractivity contribution >= 4 is 28.6 Å². The van der Waals surface area contributed by atoms with E-state index in [1.165, 1.54) is 17.2 Å². The molecule has 0 bridgehead atoms. The third kappa shape index (κ3) is 5.89. The number of carbonyl (C=O) groups is 1. The predicted molar refractivity (Wildman–Crippen MR) is 143 cm³/mol. The van der Waals surface area contributed by atoms with Gasteiger partial charge in [-0.05, 0) is 42.8 Å². The Kier molecular flexibility index (Phi) is 8.10. The molecule has 1 fully saturated rings. The van der Waals surface area contributed by atoms with Crippen molar-refractivity contribution in [2.75, 3.05) is 18.5 Å². The number of fused-ring (bicyclic) bond motifs is 1. The molecule has 200 valence electrons. The quantitative estimate of drug-likeness (QED) is 0.170. The molecule has 1 saturated heterocycles. The van der Waals surface area contributed by atoms with Crippen LogP contribution in [0.2, 0.25) is 0 Å². The molecule has 0 saturated carbocycles. The van der Waals surface area contributed by atoms with Crippen molar-refractivity contribution < 1.29 is 24.9 Å². The molecule has 1 aliphatic heterocycles. The molecule has 0 unspecified atom stereocenters. The molecule has 11 nitrogen and oxygen atoms in total. The summed E-state index contributed by atoms with van der Waals surface area (Å²) in [5, 5.41) is 35.9. The Hall–Kier alpha value is -4.34. The maximum absolute atomic E-state index is 12.0. The summed E-state index contributed by atoms with van der Waals surface area (Å²) >= 11 is 0. The number of aliphatic hydroxyl groups is 3. The number of hydrogen-bond donors (Lipinski definition) is 5. The first-order valence-electron chi connectivity index (χ1n) is 12.5. The first-order chi connectivity index (χ1) is 19.0. The molecule has 0 aliphatic carbocycles. The van der Waals surface area contributed by atoms with E-state index in [0.717, 1.165) is 17.7 Å². The largest absolute Gasteiger partial charge is 0.394 e. The summed E-state index contributed by atoms with van der Waals surface area (Å²) in [7, 11) is 0. The molecule has 0 radical (unpaired) electrons. The van der Waals surface area contributed by atoms with Crippen LogP contribution in [0, 0.1) is 11.8 Å². The molecular weight excluding hydrogens is 500 g/mol. The predicted octanol–water partition coefficient (Wildman–Crippen LogP) is 1.74. The summed E-state index contributed by atoms with van der Waals surface area (Å²) in [5.41, 5.74) is 3.14. The molecule has 5 rings (SSSR count). The number of rotatable bonds is 8. The average Bonchev–Trinajstić information content (AvgIpc) is 3.52. The molecule has 2 aromatic heterocycles. The molecule has 0 spiro atoms. The number of carbonyl (C=O) groups excluding carboxylic acids is 1. The Balaban J connectivity index is 1.17. The Morgan fingerprint density at radius 3 is 2.56 bits per heavy atom. The van der Waals surface area contributed by atoms with Gasteiger partial charge in [-0.15, -0.1) is 0 Å². The molecule has 3 heterocycles. The van der Waals surface area contributed by atoms with E-state index in [0.29, 0.717) is 35.5 Å². The number of ether oxygens (including phenoxy) is 1. The molecule has 5 N–H and O–H groups in total. The van der Waals surface area contributed by atoms with Crippen molar-refractivity contribution in [2.24, 2.45) is 0 Å². The monoisotopic (exact) mass is 528 g/mol. The van der Waals surface area contributed by atoms with Crippen LogP contribution in [0.4, 0.5) is 11.5 Å². The van der Waals surface area contributed by atoms with E-state index >= 15 is 0 Å². The van der Waals surface area contributed by atoms with Gasteiger partial charge in [-0.25, -0.2) is 15.0 Å². The summed E-state index contributed by atoms with van der Waals surface area (Å²) in [6.07, 6.45) is -0.0716. The zero-order valence-corrected chi connectivity index (χ0v) is 20.9. The lowest BCUT2D eigenvalue weighted by Crippen LogP contribution is -2.33. The highest BCUT2D eigenvalue weighted by atomic mass is 16.6. The lowest BCUT2D eigenvalue weighted by Gasteiger charge is -2.16. The van der Waals surface area contributed by atoms with Crippen LogP contribution < -0.4 is 10.6 Å². The number of unbranched alkanes of at least 4 members (excludes halogenated alkanes) is 1. The van der Waals surface area contributed by atoms with Gasteiger partial charge in [-0.1, -0.05) is 30.0 Å². The van der Waals surface area contributed by atoms with E-state index in [2.05, 4.69) is 37.4 Å². The van der Waals surface area contributed by atoms with E-state index in [4.69, 9.17) is 4.74 Å². The van der Waals surface area contributed by atoms with Crippen molar-refractivity contribution in [1.82, 2.24) is 24.8 Å². The van der Waals surface area contributed by atoms with Gasteiger partial charge in [0.1, 0.15) is 24.6 Å². The van der Waals surface area contributed by atoms with Crippen LogP contribution in [-0.4, -0.2) is 72.2 Å². The van der Waals surface area contributed by atoms with Crippen LogP contribution >= 0.6 is 0 Å². The van der Waals surface area contributed by atoms with Gasteiger partial charge in [-0.3, -0.25) is 9.36 Å². The van der Waals surface area contributed by atoms with Crippen molar-refractivity contribution in [3.63, 3.8) is 0 Å². The SMILES string of the molecule is O=C(NCCCC#Cc1ccc(Nc2ncnc3c2ncn3[C@@H]2O[C@H](CO)[C@@H](O)[C@H]2O)cc1)c1ccccc1. The van der Waals surface area contributed by atoms with Crippen LogP contribution in [-0.2, 0) is 4.74 Å². The molecule has 4 aromatic rings. The number of aliphatic hydroxyl groups excluding tert-OH is 3. The fourth-order valence-corrected chi connectivity index (χ4v) is 4.25. The first kappa shape index (κ1) is 26.3. The van der Waals surface area contributed by atoms with Crippen LogP contribution in [0.1, 0.15) is 35.0 Å². The van der Waals surface area contributed by atoms with E-state index in [1.807, 2.05) is 42.5 Å². The van der Waals surface area contributed by atoms with Crippen molar-refractivity contribution in [3.05, 3.63) is 78.4 Å². The summed E-state index contributed by atoms with van der Waals surface area (Å²) in [6, 6.07) is 16.6. The fourth-order valence-electron chi connectivity index (χ4n) is 4.25. The normalized spacial score (nSPS) is 20.4. The number of nitrogens with one attached hydrogen (secondary N) is 2. The van der Waals surface area contributed by atoms with Crippen molar-refractivity contribution in [2.45, 2.75) is 37.4 Å². The molecule has 1 aliphatic rings. The topological polar surface area (TPSA) is 155 Å². The van der Waals surface area contributed by atoms with E-state index < -0.39 is 31.1 Å². The average molecular weight is 529 g/mol. The zero-order valence-electron chi connectivity index (χ0n) is 20.9. The third-order valence-corrected chi connectivity index (χ3v) is 6.33. The zero-order chi connectivity index (χ0) is 27.2. The van der Waals surface area contributed by atoms with E-state index in [9.17, 15) is 20.1 Å². The summed E-state index contributed by atoms with van der Waals surface area (Å²) in [4.78, 5) is 25.0. The number of benzene rings is 2. The van der Waals surface area contributed by atoms with Gasteiger partial charge in [0.25, 0.3) is 5.91 Å². The second-order valence-electron chi connectivity index (χ2n) is 9.00. The minimum absolute atomic E-state index is 0.0852. The summed E-state index contributed by atoms with van der Waals surface area (Å²) < 4.78 is 7.11. The maximum atomic E-state index is 12.0. The highest BCUT2D eigenvalue weighted by Gasteiger charge is 2.44. The summed E-state index contributed by atoms with van der Waals surface area (Å²) in [5.74, 6) is 6.63. The Morgan fingerprint density at radius 2 is 1.82 bits per heavy atom. The Morgan fingerprint density at radius 1 is 1.03 bits per heavy atom. The van der Waals surface area contributed by atoms with Crippen LogP contribution in [0.25, 0.3) is 11.2 Å². The van der Waals surface area contributed by atoms with Crippen LogP contribution in [0.3, 0.4) is 0 Å². The standard InChI is InChI=1S/C28H28N6O5/c35-15-21-23(36)24(37)28(39-21)34-17-32-22-25(30-16-31-26(22)34)33-20-12-10-18(11-13-20)7-3-2-6-14-29-27(38)19-8-4-1-5-9-19/h1,4-5,8-13,16-17,21,23-24,28,35-37H,2,6,14-15H2,(H,29,38)(H,30,31,33)/t21-,23-,24-,28-/m1/s1. The van der Waals surface area contributed by atoms with Gasteiger partial charge in [-0.2, -0.15) is 0 Å². The minimum Gasteiger partial charge on any atom is -0.394 e. The maximum Gasteiger partial charge on any atom is 0.251 e. The van der Waals surface area contributed by atoms with Gasteiger partial charge in [0, 0.05) is 29.8 Å². The highest BCUT2D eigenvalue weighted by Crippen LogP contribution is 2.32. The third-order valence-electron chi connectivity index (χ3n) is 6.33. The van der Waals surface area contributed by atoms with Gasteiger partial charge in [0.2, 0.25) is 0 Å². The molecule has 39 heavy (non-hydrogen) atoms. The highest BCUT2D eigenvalue weighted by molar-refractivity contribution is 5.94. The van der Waals surface area contributed by atoms with Crippen molar-refractivity contribution in [3.8, 4) is 11.8 Å². The van der Waals surface area contributed by atoms with Gasteiger partial charge >= 0.3 is 0 Å². The summed E-state index contributed by atoms with van der Waals surface area (Å²) in [6.45, 7) is 0.138. The Bertz CT molecular complexity index is 1480.